The number of hydrogen-bond donors (Lipinski definition) is 2. The molecule has 0 aromatic carbocycles. The van der Waals surface area contributed by atoms with E-state index in [0.29, 0.717) is 6.04 Å². The average Bonchev–Trinajstić information content (AvgIpc) is 2.60. The second-order valence-corrected chi connectivity index (χ2v) is 4.98. The summed E-state index contributed by atoms with van der Waals surface area (Å²) in [5, 5.41) is 0. The van der Waals surface area contributed by atoms with Gasteiger partial charge in [0.05, 0.1) is 6.04 Å². The van der Waals surface area contributed by atoms with E-state index in [0.717, 1.165) is 6.42 Å². The quantitative estimate of drug-likeness (QED) is 0.432. The summed E-state index contributed by atoms with van der Waals surface area (Å²) in [6.45, 7) is 4.36. The fraction of sp³-hybridized carbons (Fsp3) is 0.636. The summed E-state index contributed by atoms with van der Waals surface area (Å²) in [6, 6.07) is 4.68. The molecule has 1 heterocycles. The van der Waals surface area contributed by atoms with Gasteiger partial charge in [0.25, 0.3) is 0 Å². The molecule has 0 aliphatic carbocycles. The molecule has 0 radical (unpaired) electrons. The van der Waals surface area contributed by atoms with Crippen molar-refractivity contribution in [3.63, 3.8) is 0 Å². The Morgan fingerprint density at radius 2 is 2.21 bits per heavy atom. The number of aryl methyl sites for hydroxylation is 1. The highest BCUT2D eigenvalue weighted by molar-refractivity contribution is 7.12. The molecule has 0 aliphatic heterocycles. The van der Waals surface area contributed by atoms with Gasteiger partial charge >= 0.3 is 0 Å². The molecular formula is C11H20N2S. The summed E-state index contributed by atoms with van der Waals surface area (Å²) in [6.07, 6.45) is 4.95. The predicted molar refractivity (Wildman–Crippen MR) is 63.3 cm³/mol. The molecule has 0 amide bonds. The minimum absolute atomic E-state index is 0.347. The third kappa shape index (κ3) is 3.40. The van der Waals surface area contributed by atoms with Crippen LogP contribution in [0.3, 0.4) is 0 Å². The first-order chi connectivity index (χ1) is 6.77. The second-order valence-electron chi connectivity index (χ2n) is 3.66. The minimum Gasteiger partial charge on any atom is -0.271 e. The van der Waals surface area contributed by atoms with Gasteiger partial charge in [-0.05, 0) is 25.5 Å². The predicted octanol–water partition coefficient (Wildman–Crippen LogP) is 3.14. The molecule has 80 valence electrons. The van der Waals surface area contributed by atoms with Crippen molar-refractivity contribution >= 4 is 11.3 Å². The first-order valence-electron chi connectivity index (χ1n) is 5.30. The van der Waals surface area contributed by atoms with Crippen LogP contribution in [0.25, 0.3) is 0 Å². The Morgan fingerprint density at radius 1 is 1.43 bits per heavy atom. The van der Waals surface area contributed by atoms with Crippen LogP contribution in [0.5, 0.6) is 0 Å². The summed E-state index contributed by atoms with van der Waals surface area (Å²) in [5.41, 5.74) is 2.90. The van der Waals surface area contributed by atoms with Crippen molar-refractivity contribution in [3.8, 4) is 0 Å². The topological polar surface area (TPSA) is 38.0 Å². The highest BCUT2D eigenvalue weighted by Crippen LogP contribution is 2.25. The van der Waals surface area contributed by atoms with Gasteiger partial charge in [-0.15, -0.1) is 11.3 Å². The molecule has 0 saturated carbocycles. The molecule has 1 unspecified atom stereocenters. The number of hydrogen-bond acceptors (Lipinski definition) is 3. The molecule has 0 spiro atoms. The van der Waals surface area contributed by atoms with Crippen LogP contribution in [0.15, 0.2) is 12.1 Å². The van der Waals surface area contributed by atoms with Crippen molar-refractivity contribution in [2.45, 2.75) is 45.6 Å². The fourth-order valence-corrected chi connectivity index (χ4v) is 2.52. The lowest BCUT2D eigenvalue weighted by molar-refractivity contribution is 0.493. The summed E-state index contributed by atoms with van der Waals surface area (Å²) in [5.74, 6) is 5.55. The molecule has 2 nitrogen and oxygen atoms in total. The Balaban J connectivity index is 2.45. The summed E-state index contributed by atoms with van der Waals surface area (Å²) >= 11 is 1.84. The Bertz CT molecular complexity index is 258. The van der Waals surface area contributed by atoms with Gasteiger partial charge in [0, 0.05) is 9.75 Å². The SMILES string of the molecule is CCCCCC(NN)c1ccc(C)s1. The fourth-order valence-electron chi connectivity index (χ4n) is 1.55. The first kappa shape index (κ1) is 11.7. The smallest absolute Gasteiger partial charge is 0.0553 e. The number of nitrogens with one attached hydrogen (secondary N) is 1. The van der Waals surface area contributed by atoms with Gasteiger partial charge in [-0.25, -0.2) is 0 Å². The molecule has 1 atom stereocenters. The van der Waals surface area contributed by atoms with Gasteiger partial charge in [-0.2, -0.15) is 0 Å². The van der Waals surface area contributed by atoms with Crippen molar-refractivity contribution in [2.24, 2.45) is 5.84 Å². The molecule has 0 fully saturated rings. The van der Waals surface area contributed by atoms with Crippen molar-refractivity contribution < 1.29 is 0 Å². The van der Waals surface area contributed by atoms with Crippen LogP contribution in [-0.2, 0) is 0 Å². The van der Waals surface area contributed by atoms with Crippen molar-refractivity contribution in [1.82, 2.24) is 5.43 Å². The largest absolute Gasteiger partial charge is 0.271 e. The van der Waals surface area contributed by atoms with E-state index in [9.17, 15) is 0 Å². The molecule has 1 aromatic heterocycles. The zero-order valence-electron chi connectivity index (χ0n) is 9.05. The van der Waals surface area contributed by atoms with E-state index in [2.05, 4.69) is 31.4 Å². The van der Waals surface area contributed by atoms with Gasteiger partial charge in [-0.3, -0.25) is 11.3 Å². The van der Waals surface area contributed by atoms with E-state index in [1.807, 2.05) is 11.3 Å². The first-order valence-corrected chi connectivity index (χ1v) is 6.12. The number of rotatable bonds is 6. The molecular weight excluding hydrogens is 192 g/mol. The molecule has 0 saturated heterocycles. The highest BCUT2D eigenvalue weighted by Gasteiger charge is 2.10. The normalized spacial score (nSPS) is 13.1. The molecule has 0 aliphatic rings. The van der Waals surface area contributed by atoms with Gasteiger partial charge in [0.15, 0.2) is 0 Å². The molecule has 14 heavy (non-hydrogen) atoms. The van der Waals surface area contributed by atoms with E-state index in [-0.39, 0.29) is 0 Å². The Morgan fingerprint density at radius 3 is 2.71 bits per heavy atom. The van der Waals surface area contributed by atoms with Crippen LogP contribution in [-0.4, -0.2) is 0 Å². The molecule has 0 bridgehead atoms. The van der Waals surface area contributed by atoms with E-state index < -0.39 is 0 Å². The van der Waals surface area contributed by atoms with Crippen molar-refractivity contribution in [1.29, 1.82) is 0 Å². The maximum absolute atomic E-state index is 5.55. The van der Waals surface area contributed by atoms with Crippen LogP contribution < -0.4 is 11.3 Å². The third-order valence-corrected chi connectivity index (χ3v) is 3.52. The van der Waals surface area contributed by atoms with Gasteiger partial charge in [-0.1, -0.05) is 26.2 Å². The standard InChI is InChI=1S/C11H20N2S/c1-3-4-5-6-10(13-12)11-8-7-9(2)14-11/h7-8,10,13H,3-6,12H2,1-2H3. The van der Waals surface area contributed by atoms with Crippen LogP contribution in [0, 0.1) is 6.92 Å². The minimum atomic E-state index is 0.347. The lowest BCUT2D eigenvalue weighted by Crippen LogP contribution is -2.27. The Kier molecular flexibility index (Phi) is 5.15. The zero-order valence-corrected chi connectivity index (χ0v) is 9.86. The maximum atomic E-state index is 5.55. The van der Waals surface area contributed by atoms with Crippen LogP contribution in [0.1, 0.15) is 48.4 Å². The van der Waals surface area contributed by atoms with Crippen molar-refractivity contribution in [3.05, 3.63) is 21.9 Å². The van der Waals surface area contributed by atoms with Crippen molar-refractivity contribution in [2.75, 3.05) is 0 Å². The van der Waals surface area contributed by atoms with E-state index >= 15 is 0 Å². The number of hydrazine groups is 1. The van der Waals surface area contributed by atoms with Crippen LogP contribution >= 0.6 is 11.3 Å². The summed E-state index contributed by atoms with van der Waals surface area (Å²) < 4.78 is 0. The van der Waals surface area contributed by atoms with Crippen LogP contribution in [0.4, 0.5) is 0 Å². The monoisotopic (exact) mass is 212 g/mol. The molecule has 3 N–H and O–H groups in total. The van der Waals surface area contributed by atoms with E-state index in [1.165, 1.54) is 29.0 Å². The summed E-state index contributed by atoms with van der Waals surface area (Å²) in [7, 11) is 0. The van der Waals surface area contributed by atoms with Gasteiger partial charge in [0.1, 0.15) is 0 Å². The Hall–Kier alpha value is -0.380. The van der Waals surface area contributed by atoms with Gasteiger partial charge in [0.2, 0.25) is 0 Å². The van der Waals surface area contributed by atoms with Crippen LogP contribution in [0.2, 0.25) is 0 Å². The maximum Gasteiger partial charge on any atom is 0.0553 e. The van der Waals surface area contributed by atoms with Gasteiger partial charge < -0.3 is 0 Å². The summed E-state index contributed by atoms with van der Waals surface area (Å²) in [4.78, 5) is 2.72. The second kappa shape index (κ2) is 6.17. The third-order valence-electron chi connectivity index (χ3n) is 2.40. The average molecular weight is 212 g/mol. The molecule has 1 aromatic rings. The molecule has 1 rings (SSSR count). The van der Waals surface area contributed by atoms with E-state index in [4.69, 9.17) is 5.84 Å². The Labute approximate surface area is 90.5 Å². The number of thiophene rings is 1. The number of unbranched alkanes of at least 4 members (excludes halogenated alkanes) is 2. The number of nitrogens with two attached hydrogens (primary N) is 1. The highest BCUT2D eigenvalue weighted by atomic mass is 32.1. The molecule has 3 heteroatoms. The van der Waals surface area contributed by atoms with E-state index in [1.54, 1.807) is 0 Å². The lowest BCUT2D eigenvalue weighted by Gasteiger charge is -2.13. The zero-order chi connectivity index (χ0) is 10.4. The lowest BCUT2D eigenvalue weighted by atomic mass is 10.1.